The number of rotatable bonds is 5. The van der Waals surface area contributed by atoms with Crippen LogP contribution in [0.3, 0.4) is 0 Å². The fourth-order valence-electron chi connectivity index (χ4n) is 3.50. The summed E-state index contributed by atoms with van der Waals surface area (Å²) in [5.74, 6) is 1.10. The highest BCUT2D eigenvalue weighted by Gasteiger charge is 2.31. The van der Waals surface area contributed by atoms with Crippen LogP contribution in [0.4, 0.5) is 0 Å². The van der Waals surface area contributed by atoms with E-state index >= 15 is 0 Å². The van der Waals surface area contributed by atoms with Crippen LogP contribution in [0.5, 0.6) is 0 Å². The number of aryl methyl sites for hydroxylation is 1. The molecule has 24 heavy (non-hydrogen) atoms. The molecule has 2 aromatic rings. The summed E-state index contributed by atoms with van der Waals surface area (Å²) in [6.07, 6.45) is 3.85. The minimum absolute atomic E-state index is 0.446. The molecule has 0 amide bonds. The van der Waals surface area contributed by atoms with Gasteiger partial charge in [0, 0.05) is 51.7 Å². The summed E-state index contributed by atoms with van der Waals surface area (Å²) >= 11 is 0. The number of aliphatic hydroxyl groups is 1. The fourth-order valence-corrected chi connectivity index (χ4v) is 3.50. The molecule has 1 aliphatic heterocycles. The first-order chi connectivity index (χ1) is 11.5. The summed E-state index contributed by atoms with van der Waals surface area (Å²) in [6, 6.07) is 10.4. The number of hydrogen-bond acceptors (Lipinski definition) is 4. The molecule has 1 N–H and O–H groups in total. The number of benzene rings is 1. The predicted molar refractivity (Wildman–Crippen MR) is 95.5 cm³/mol. The van der Waals surface area contributed by atoms with Crippen molar-refractivity contribution in [3.05, 3.63) is 54.1 Å². The second-order valence-corrected chi connectivity index (χ2v) is 7.15. The van der Waals surface area contributed by atoms with Crippen LogP contribution in [0.15, 0.2) is 42.7 Å². The molecule has 1 aliphatic rings. The molecule has 1 saturated heterocycles. The van der Waals surface area contributed by atoms with Crippen molar-refractivity contribution in [3.8, 4) is 0 Å². The van der Waals surface area contributed by atoms with E-state index in [4.69, 9.17) is 0 Å². The average Bonchev–Trinajstić information content (AvgIpc) is 2.96. The summed E-state index contributed by atoms with van der Waals surface area (Å²) in [5, 5.41) is 10.9. The van der Waals surface area contributed by atoms with E-state index in [2.05, 4.69) is 26.3 Å². The van der Waals surface area contributed by atoms with E-state index in [1.165, 1.54) is 0 Å². The van der Waals surface area contributed by atoms with Gasteiger partial charge < -0.3 is 9.67 Å². The van der Waals surface area contributed by atoms with Crippen molar-refractivity contribution in [1.82, 2.24) is 19.4 Å². The van der Waals surface area contributed by atoms with Crippen LogP contribution >= 0.6 is 0 Å². The van der Waals surface area contributed by atoms with Crippen molar-refractivity contribution in [3.63, 3.8) is 0 Å². The second-order valence-electron chi connectivity index (χ2n) is 7.15. The molecule has 0 aliphatic carbocycles. The van der Waals surface area contributed by atoms with Gasteiger partial charge in [0.1, 0.15) is 5.82 Å². The first-order valence-corrected chi connectivity index (χ1v) is 8.66. The van der Waals surface area contributed by atoms with Crippen molar-refractivity contribution in [2.75, 3.05) is 26.2 Å². The molecule has 1 fully saturated rings. The monoisotopic (exact) mass is 328 g/mol. The Balaban J connectivity index is 1.58. The van der Waals surface area contributed by atoms with Crippen LogP contribution in [-0.4, -0.2) is 56.7 Å². The average molecular weight is 328 g/mol. The maximum absolute atomic E-state index is 10.9. The normalized spacial score (nSPS) is 22.4. The van der Waals surface area contributed by atoms with Gasteiger partial charge in [-0.15, -0.1) is 0 Å². The van der Waals surface area contributed by atoms with Crippen molar-refractivity contribution in [1.29, 1.82) is 0 Å². The molecule has 0 bridgehead atoms. The number of hydrogen-bond donors (Lipinski definition) is 1. The lowest BCUT2D eigenvalue weighted by Gasteiger charge is -2.42. The molecule has 2 atom stereocenters. The topological polar surface area (TPSA) is 44.5 Å². The maximum atomic E-state index is 10.9. The molecule has 130 valence electrons. The Morgan fingerprint density at radius 2 is 2.00 bits per heavy atom. The number of aromatic nitrogens is 2. The van der Waals surface area contributed by atoms with Gasteiger partial charge in [-0.05, 0) is 19.4 Å². The van der Waals surface area contributed by atoms with Gasteiger partial charge in [0.05, 0.1) is 12.1 Å². The predicted octanol–water partition coefficient (Wildman–Crippen LogP) is 1.83. The molecule has 5 nitrogen and oxygen atoms in total. The highest BCUT2D eigenvalue weighted by atomic mass is 16.3. The zero-order valence-corrected chi connectivity index (χ0v) is 14.9. The van der Waals surface area contributed by atoms with E-state index in [1.807, 2.05) is 56.7 Å². The summed E-state index contributed by atoms with van der Waals surface area (Å²) in [7, 11) is 2.04. The molecule has 1 aromatic carbocycles. The van der Waals surface area contributed by atoms with Crippen LogP contribution in [0.25, 0.3) is 0 Å². The van der Waals surface area contributed by atoms with Crippen LogP contribution in [0.2, 0.25) is 0 Å². The van der Waals surface area contributed by atoms with Gasteiger partial charge in [0.25, 0.3) is 0 Å². The molecule has 0 radical (unpaired) electrons. The van der Waals surface area contributed by atoms with Gasteiger partial charge in [-0.2, -0.15) is 0 Å². The van der Waals surface area contributed by atoms with E-state index in [9.17, 15) is 5.11 Å². The highest BCUT2D eigenvalue weighted by Crippen LogP contribution is 2.23. The molecule has 0 spiro atoms. The maximum Gasteiger partial charge on any atom is 0.122 e. The van der Waals surface area contributed by atoms with Gasteiger partial charge in [-0.3, -0.25) is 9.80 Å². The van der Waals surface area contributed by atoms with E-state index in [-0.39, 0.29) is 0 Å². The Hall–Kier alpha value is -1.69. The number of β-amino-alcohol motifs (C(OH)–C–C–N with tert-alkyl or cyclic N) is 1. The van der Waals surface area contributed by atoms with Crippen LogP contribution in [-0.2, 0) is 19.2 Å². The lowest BCUT2D eigenvalue weighted by atomic mass is 9.95. The van der Waals surface area contributed by atoms with Crippen LogP contribution in [0, 0.1) is 0 Å². The fraction of sp³-hybridized carbons (Fsp3) is 0.526. The Labute approximate surface area is 144 Å². The SMILES string of the molecule is C[C@H]1CN(C[C@@](C)(O)c2ccccc2)CCN1Cc1nccn1C. The number of imidazole rings is 1. The van der Waals surface area contributed by atoms with Gasteiger partial charge in [-0.25, -0.2) is 4.98 Å². The molecule has 0 unspecified atom stereocenters. The van der Waals surface area contributed by atoms with Crippen molar-refractivity contribution >= 4 is 0 Å². The van der Waals surface area contributed by atoms with E-state index in [0.29, 0.717) is 12.6 Å². The zero-order chi connectivity index (χ0) is 17.2. The molecular weight excluding hydrogens is 300 g/mol. The largest absolute Gasteiger partial charge is 0.384 e. The summed E-state index contributed by atoms with van der Waals surface area (Å²) < 4.78 is 2.08. The van der Waals surface area contributed by atoms with Crippen LogP contribution in [0.1, 0.15) is 25.2 Å². The summed E-state index contributed by atoms with van der Waals surface area (Å²) in [4.78, 5) is 9.27. The van der Waals surface area contributed by atoms with Crippen molar-refractivity contribution in [2.24, 2.45) is 7.05 Å². The number of piperazine rings is 1. The Kier molecular flexibility index (Phi) is 5.04. The molecule has 5 heteroatoms. The van der Waals surface area contributed by atoms with Gasteiger partial charge in [-0.1, -0.05) is 30.3 Å². The van der Waals surface area contributed by atoms with Crippen molar-refractivity contribution < 1.29 is 5.11 Å². The Morgan fingerprint density at radius 1 is 1.25 bits per heavy atom. The minimum atomic E-state index is -0.817. The van der Waals surface area contributed by atoms with Crippen molar-refractivity contribution in [2.45, 2.75) is 32.0 Å². The highest BCUT2D eigenvalue weighted by molar-refractivity contribution is 5.21. The van der Waals surface area contributed by atoms with Gasteiger partial charge in [0.15, 0.2) is 0 Å². The lowest BCUT2D eigenvalue weighted by molar-refractivity contribution is -0.0130. The first kappa shape index (κ1) is 17.1. The Morgan fingerprint density at radius 3 is 2.62 bits per heavy atom. The third kappa shape index (κ3) is 3.86. The number of nitrogens with zero attached hydrogens (tertiary/aromatic N) is 4. The molecule has 0 saturated carbocycles. The molecule has 2 heterocycles. The van der Waals surface area contributed by atoms with Gasteiger partial charge in [0.2, 0.25) is 0 Å². The smallest absolute Gasteiger partial charge is 0.122 e. The van der Waals surface area contributed by atoms with Gasteiger partial charge >= 0.3 is 0 Å². The second kappa shape index (κ2) is 7.05. The molecular formula is C19H28N4O. The standard InChI is InChI=1S/C19H28N4O/c1-16-13-22(15-19(2,24)17-7-5-4-6-8-17)11-12-23(16)14-18-20-9-10-21(18)3/h4-10,16,24H,11-15H2,1-3H3/t16-,19+/m0/s1. The molecule has 3 rings (SSSR count). The Bertz CT molecular complexity index is 652. The third-order valence-corrected chi connectivity index (χ3v) is 5.04. The van der Waals surface area contributed by atoms with E-state index < -0.39 is 5.60 Å². The summed E-state index contributed by atoms with van der Waals surface area (Å²) in [5.41, 5.74) is 0.163. The quantitative estimate of drug-likeness (QED) is 0.909. The first-order valence-electron chi connectivity index (χ1n) is 8.66. The van der Waals surface area contributed by atoms with E-state index in [0.717, 1.165) is 37.6 Å². The summed E-state index contributed by atoms with van der Waals surface area (Å²) in [6.45, 7) is 8.65. The third-order valence-electron chi connectivity index (χ3n) is 5.04. The molecule has 1 aromatic heterocycles. The van der Waals surface area contributed by atoms with Crippen LogP contribution < -0.4 is 0 Å². The minimum Gasteiger partial charge on any atom is -0.384 e. The lowest BCUT2D eigenvalue weighted by Crippen LogP contribution is -2.54. The van der Waals surface area contributed by atoms with E-state index in [1.54, 1.807) is 0 Å². The zero-order valence-electron chi connectivity index (χ0n) is 14.9.